The first kappa shape index (κ1) is 14.7. The highest BCUT2D eigenvalue weighted by Gasteiger charge is 2.03. The first-order chi connectivity index (χ1) is 10.0. The van der Waals surface area contributed by atoms with Crippen LogP contribution in [0.2, 0.25) is 0 Å². The third-order valence-electron chi connectivity index (χ3n) is 2.67. The summed E-state index contributed by atoms with van der Waals surface area (Å²) in [5.41, 5.74) is 1.17. The van der Waals surface area contributed by atoms with Crippen molar-refractivity contribution in [2.45, 2.75) is 6.61 Å². The van der Waals surface area contributed by atoms with E-state index in [0.717, 1.165) is 18.2 Å². The minimum atomic E-state index is -1.04. The van der Waals surface area contributed by atoms with Gasteiger partial charge in [0.2, 0.25) is 0 Å². The van der Waals surface area contributed by atoms with Gasteiger partial charge in [0.05, 0.1) is 0 Å². The lowest BCUT2D eigenvalue weighted by Crippen LogP contribution is -1.97. The molecule has 0 atom stereocenters. The van der Waals surface area contributed by atoms with Crippen molar-refractivity contribution in [3.63, 3.8) is 0 Å². The molecule has 0 aliphatic heterocycles. The van der Waals surface area contributed by atoms with E-state index in [1.165, 1.54) is 12.1 Å². The fourth-order valence-electron chi connectivity index (χ4n) is 1.67. The van der Waals surface area contributed by atoms with Crippen molar-refractivity contribution in [2.75, 3.05) is 0 Å². The van der Waals surface area contributed by atoms with Crippen LogP contribution in [-0.2, 0) is 11.4 Å². The van der Waals surface area contributed by atoms with Gasteiger partial charge in [-0.05, 0) is 41.5 Å². The first-order valence-corrected chi connectivity index (χ1v) is 6.12. The molecule has 21 heavy (non-hydrogen) atoms. The average molecular weight is 290 g/mol. The molecule has 2 aromatic carbocycles. The lowest BCUT2D eigenvalue weighted by atomic mass is 10.2. The summed E-state index contributed by atoms with van der Waals surface area (Å²) in [5, 5.41) is 8.56. The van der Waals surface area contributed by atoms with E-state index < -0.39 is 17.6 Å². The van der Waals surface area contributed by atoms with Gasteiger partial charge in [0.25, 0.3) is 0 Å². The highest BCUT2D eigenvalue weighted by Crippen LogP contribution is 2.17. The van der Waals surface area contributed by atoms with Gasteiger partial charge >= 0.3 is 5.97 Å². The Morgan fingerprint density at radius 2 is 1.95 bits per heavy atom. The molecule has 2 aromatic rings. The Hall–Kier alpha value is -2.69. The summed E-state index contributed by atoms with van der Waals surface area (Å²) in [6.07, 6.45) is 2.46. The molecule has 5 heteroatoms. The summed E-state index contributed by atoms with van der Waals surface area (Å²) in [6, 6.07) is 10.3. The molecule has 0 aliphatic carbocycles. The molecule has 0 amide bonds. The molecule has 3 nitrogen and oxygen atoms in total. The van der Waals surface area contributed by atoms with Gasteiger partial charge in [-0.2, -0.15) is 0 Å². The van der Waals surface area contributed by atoms with E-state index in [0.29, 0.717) is 16.9 Å². The van der Waals surface area contributed by atoms with E-state index in [1.54, 1.807) is 24.3 Å². The minimum Gasteiger partial charge on any atom is -0.489 e. The summed E-state index contributed by atoms with van der Waals surface area (Å²) in [7, 11) is 0. The third kappa shape index (κ3) is 4.42. The second-order valence-electron chi connectivity index (χ2n) is 4.28. The molecule has 0 aliphatic rings. The number of halogens is 2. The lowest BCUT2D eigenvalue weighted by Gasteiger charge is -2.07. The van der Waals surface area contributed by atoms with E-state index in [9.17, 15) is 13.6 Å². The quantitative estimate of drug-likeness (QED) is 0.855. The van der Waals surface area contributed by atoms with Crippen molar-refractivity contribution in [3.8, 4) is 5.75 Å². The topological polar surface area (TPSA) is 46.5 Å². The molecule has 0 bridgehead atoms. The van der Waals surface area contributed by atoms with Crippen molar-refractivity contribution in [1.82, 2.24) is 0 Å². The highest BCUT2D eigenvalue weighted by molar-refractivity contribution is 5.85. The molecule has 0 radical (unpaired) electrons. The van der Waals surface area contributed by atoms with E-state index in [4.69, 9.17) is 9.84 Å². The second-order valence-corrected chi connectivity index (χ2v) is 4.28. The zero-order chi connectivity index (χ0) is 15.2. The summed E-state index contributed by atoms with van der Waals surface area (Å²) in [6.45, 7) is 0.0866. The van der Waals surface area contributed by atoms with Gasteiger partial charge in [-0.15, -0.1) is 0 Å². The number of carbonyl (C=O) groups is 1. The molecule has 0 saturated heterocycles. The molecule has 1 N–H and O–H groups in total. The van der Waals surface area contributed by atoms with E-state index in [2.05, 4.69) is 0 Å². The normalized spacial score (nSPS) is 10.8. The van der Waals surface area contributed by atoms with Crippen LogP contribution in [0.1, 0.15) is 11.1 Å². The highest BCUT2D eigenvalue weighted by atomic mass is 19.2. The molecule has 0 spiro atoms. The van der Waals surface area contributed by atoms with E-state index >= 15 is 0 Å². The fourth-order valence-corrected chi connectivity index (χ4v) is 1.67. The van der Waals surface area contributed by atoms with E-state index in [1.807, 2.05) is 0 Å². The predicted molar refractivity (Wildman–Crippen MR) is 73.8 cm³/mol. The lowest BCUT2D eigenvalue weighted by molar-refractivity contribution is -0.131. The van der Waals surface area contributed by atoms with Crippen molar-refractivity contribution >= 4 is 12.0 Å². The van der Waals surface area contributed by atoms with Gasteiger partial charge in [0, 0.05) is 6.08 Å². The standard InChI is InChI=1S/C16H12F2O3/c17-14-6-4-12(9-15(14)18)10-21-13-3-1-2-11(8-13)5-7-16(19)20/h1-9H,10H2,(H,19,20)/b7-5+. The van der Waals surface area contributed by atoms with Gasteiger partial charge in [0.1, 0.15) is 12.4 Å². The minimum absolute atomic E-state index is 0.0866. The zero-order valence-corrected chi connectivity index (χ0v) is 10.9. The monoisotopic (exact) mass is 290 g/mol. The molecule has 2 rings (SSSR count). The Kier molecular flexibility index (Phi) is 4.66. The number of hydrogen-bond donors (Lipinski definition) is 1. The van der Waals surface area contributed by atoms with Crippen LogP contribution in [0.3, 0.4) is 0 Å². The fraction of sp³-hybridized carbons (Fsp3) is 0.0625. The second kappa shape index (κ2) is 6.65. The Labute approximate surface area is 120 Å². The Bertz CT molecular complexity index is 681. The molecule has 0 heterocycles. The summed E-state index contributed by atoms with van der Waals surface area (Å²) in [5.74, 6) is -2.36. The zero-order valence-electron chi connectivity index (χ0n) is 10.9. The number of hydrogen-bond acceptors (Lipinski definition) is 2. The molecule has 0 aromatic heterocycles. The molecule has 0 saturated carbocycles. The molecular weight excluding hydrogens is 278 g/mol. The number of rotatable bonds is 5. The number of carboxylic acid groups (broad SMARTS) is 1. The Morgan fingerprint density at radius 1 is 1.14 bits per heavy atom. The molecular formula is C16H12F2O3. The van der Waals surface area contributed by atoms with Gasteiger partial charge in [-0.3, -0.25) is 0 Å². The van der Waals surface area contributed by atoms with Crippen LogP contribution in [0, 0.1) is 11.6 Å². The van der Waals surface area contributed by atoms with Gasteiger partial charge < -0.3 is 9.84 Å². The van der Waals surface area contributed by atoms with Gasteiger partial charge in [-0.25, -0.2) is 13.6 Å². The van der Waals surface area contributed by atoms with Crippen molar-refractivity contribution in [1.29, 1.82) is 0 Å². The summed E-state index contributed by atoms with van der Waals surface area (Å²) < 4.78 is 31.3. The summed E-state index contributed by atoms with van der Waals surface area (Å²) >= 11 is 0. The van der Waals surface area contributed by atoms with Crippen LogP contribution in [0.4, 0.5) is 8.78 Å². The van der Waals surface area contributed by atoms with Crippen molar-refractivity contribution in [3.05, 3.63) is 71.3 Å². The number of carboxylic acids is 1. The van der Waals surface area contributed by atoms with Gasteiger partial charge in [0.15, 0.2) is 11.6 Å². The van der Waals surface area contributed by atoms with Crippen LogP contribution >= 0.6 is 0 Å². The maximum atomic E-state index is 13.0. The average Bonchev–Trinajstić information content (AvgIpc) is 2.47. The van der Waals surface area contributed by atoms with Crippen molar-refractivity contribution in [2.24, 2.45) is 0 Å². The number of ether oxygens (including phenoxy) is 1. The smallest absolute Gasteiger partial charge is 0.328 e. The molecule has 0 fully saturated rings. The Morgan fingerprint density at radius 3 is 2.67 bits per heavy atom. The first-order valence-electron chi connectivity index (χ1n) is 6.12. The van der Waals surface area contributed by atoms with Crippen LogP contribution in [0.5, 0.6) is 5.75 Å². The largest absolute Gasteiger partial charge is 0.489 e. The maximum Gasteiger partial charge on any atom is 0.328 e. The van der Waals surface area contributed by atoms with E-state index in [-0.39, 0.29) is 6.61 Å². The van der Waals surface area contributed by atoms with Crippen LogP contribution in [0.25, 0.3) is 6.08 Å². The maximum absolute atomic E-state index is 13.0. The summed E-state index contributed by atoms with van der Waals surface area (Å²) in [4.78, 5) is 10.4. The molecule has 108 valence electrons. The number of aliphatic carboxylic acids is 1. The third-order valence-corrected chi connectivity index (χ3v) is 2.67. The SMILES string of the molecule is O=C(O)/C=C/c1cccc(OCc2ccc(F)c(F)c2)c1. The van der Waals surface area contributed by atoms with Crippen molar-refractivity contribution < 1.29 is 23.4 Å². The Balaban J connectivity index is 2.04. The molecule has 0 unspecified atom stereocenters. The van der Waals surface area contributed by atoms with Crippen LogP contribution < -0.4 is 4.74 Å². The van der Waals surface area contributed by atoms with Crippen LogP contribution in [0.15, 0.2) is 48.5 Å². The number of benzene rings is 2. The van der Waals surface area contributed by atoms with Crippen LogP contribution in [-0.4, -0.2) is 11.1 Å². The van der Waals surface area contributed by atoms with Gasteiger partial charge in [-0.1, -0.05) is 18.2 Å². The predicted octanol–water partition coefficient (Wildman–Crippen LogP) is 3.64.